The van der Waals surface area contributed by atoms with Gasteiger partial charge in [-0.25, -0.2) is 0 Å². The quantitative estimate of drug-likeness (QED) is 0.544. The molecule has 0 heterocycles. The van der Waals surface area contributed by atoms with Gasteiger partial charge in [0.2, 0.25) is 0 Å². The molecule has 52 valence electrons. The van der Waals surface area contributed by atoms with Crippen molar-refractivity contribution in [1.82, 2.24) is 5.32 Å². The van der Waals surface area contributed by atoms with E-state index in [0.29, 0.717) is 0 Å². The van der Waals surface area contributed by atoms with Crippen molar-refractivity contribution in [2.75, 3.05) is 13.6 Å². The molecule has 0 amide bonds. The molecule has 9 heavy (non-hydrogen) atoms. The van der Waals surface area contributed by atoms with E-state index in [4.69, 9.17) is 5.73 Å². The maximum Gasteiger partial charge on any atom is 0.0199 e. The fourth-order valence-electron chi connectivity index (χ4n) is 0.585. The highest BCUT2D eigenvalue weighted by molar-refractivity contribution is 5.18. The Hall–Kier alpha value is -0.760. The van der Waals surface area contributed by atoms with E-state index in [1.54, 1.807) is 6.20 Å². The molecule has 0 aromatic rings. The summed E-state index contributed by atoms with van der Waals surface area (Å²) in [6.45, 7) is 2.87. The molecule has 0 unspecified atom stereocenters. The molecule has 0 radical (unpaired) electrons. The van der Waals surface area contributed by atoms with Crippen molar-refractivity contribution < 1.29 is 0 Å². The molecule has 0 saturated heterocycles. The van der Waals surface area contributed by atoms with Crippen molar-refractivity contribution in [3.8, 4) is 0 Å². The van der Waals surface area contributed by atoms with Crippen molar-refractivity contribution in [2.24, 2.45) is 5.73 Å². The molecule has 0 aromatic carbocycles. The van der Waals surface area contributed by atoms with E-state index in [1.165, 1.54) is 5.57 Å². The van der Waals surface area contributed by atoms with Crippen LogP contribution in [0.5, 0.6) is 0 Å². The maximum absolute atomic E-state index is 5.19. The van der Waals surface area contributed by atoms with Gasteiger partial charge in [0, 0.05) is 6.54 Å². The number of nitrogens with two attached hydrogens (primary N) is 1. The lowest BCUT2D eigenvalue weighted by Gasteiger charge is -1.96. The van der Waals surface area contributed by atoms with Crippen LogP contribution in [0.4, 0.5) is 0 Å². The zero-order chi connectivity index (χ0) is 7.11. The topological polar surface area (TPSA) is 38.0 Å². The van der Waals surface area contributed by atoms with Crippen molar-refractivity contribution in [3.05, 3.63) is 23.9 Å². The molecule has 0 saturated carbocycles. The minimum atomic E-state index is 0.879. The molecule has 3 N–H and O–H groups in total. The summed E-state index contributed by atoms with van der Waals surface area (Å²) in [5.74, 6) is 0. The van der Waals surface area contributed by atoms with Crippen LogP contribution in [-0.2, 0) is 0 Å². The average molecular weight is 126 g/mol. The molecule has 0 bridgehead atoms. The van der Waals surface area contributed by atoms with Crippen LogP contribution in [-0.4, -0.2) is 13.6 Å². The van der Waals surface area contributed by atoms with Crippen LogP contribution in [0, 0.1) is 0 Å². The third kappa shape index (κ3) is 3.79. The summed E-state index contributed by atoms with van der Waals surface area (Å²) in [7, 11) is 1.91. The smallest absolute Gasteiger partial charge is 0.0199 e. The summed E-state index contributed by atoms with van der Waals surface area (Å²) in [4.78, 5) is 0. The Morgan fingerprint density at radius 1 is 1.67 bits per heavy atom. The van der Waals surface area contributed by atoms with Crippen LogP contribution in [0.2, 0.25) is 0 Å². The second-order valence-electron chi connectivity index (χ2n) is 1.75. The van der Waals surface area contributed by atoms with Gasteiger partial charge in [0.15, 0.2) is 0 Å². The van der Waals surface area contributed by atoms with E-state index in [1.807, 2.05) is 26.1 Å². The lowest BCUT2D eigenvalue weighted by molar-refractivity contribution is 0.893. The summed E-state index contributed by atoms with van der Waals surface area (Å²) in [5.41, 5.74) is 6.39. The lowest BCUT2D eigenvalue weighted by atomic mass is 10.2. The van der Waals surface area contributed by atoms with Gasteiger partial charge < -0.3 is 11.1 Å². The highest BCUT2D eigenvalue weighted by atomic mass is 14.8. The van der Waals surface area contributed by atoms with E-state index in [2.05, 4.69) is 5.32 Å². The first-order valence-electron chi connectivity index (χ1n) is 3.03. The van der Waals surface area contributed by atoms with Crippen molar-refractivity contribution in [2.45, 2.75) is 6.92 Å². The van der Waals surface area contributed by atoms with E-state index in [-0.39, 0.29) is 0 Å². The molecule has 0 aliphatic rings. The zero-order valence-electron chi connectivity index (χ0n) is 6.02. The van der Waals surface area contributed by atoms with Gasteiger partial charge in [0.25, 0.3) is 0 Å². The monoisotopic (exact) mass is 126 g/mol. The largest absolute Gasteiger partial charge is 0.405 e. The van der Waals surface area contributed by atoms with Gasteiger partial charge in [-0.15, -0.1) is 0 Å². The SMILES string of the molecule is C/C=C(\C=C/N)CNC. The van der Waals surface area contributed by atoms with Gasteiger partial charge in [-0.05, 0) is 31.8 Å². The first kappa shape index (κ1) is 8.24. The van der Waals surface area contributed by atoms with Gasteiger partial charge >= 0.3 is 0 Å². The Balaban J connectivity index is 3.70. The Bertz CT molecular complexity index is 114. The van der Waals surface area contributed by atoms with Crippen LogP contribution in [0.15, 0.2) is 23.9 Å². The van der Waals surface area contributed by atoms with Gasteiger partial charge in [0.1, 0.15) is 0 Å². The molecule has 0 atom stereocenters. The molecular formula is C7H14N2. The zero-order valence-corrected chi connectivity index (χ0v) is 6.02. The molecule has 2 nitrogen and oxygen atoms in total. The Labute approximate surface area is 56.4 Å². The van der Waals surface area contributed by atoms with Gasteiger partial charge in [0.05, 0.1) is 0 Å². The fourth-order valence-corrected chi connectivity index (χ4v) is 0.585. The minimum Gasteiger partial charge on any atom is -0.405 e. The highest BCUT2D eigenvalue weighted by Gasteiger charge is 1.83. The number of nitrogens with one attached hydrogen (secondary N) is 1. The second-order valence-corrected chi connectivity index (χ2v) is 1.75. The number of hydrogen-bond donors (Lipinski definition) is 2. The highest BCUT2D eigenvalue weighted by Crippen LogP contribution is 1.91. The lowest BCUT2D eigenvalue weighted by Crippen LogP contribution is -2.09. The van der Waals surface area contributed by atoms with Crippen molar-refractivity contribution >= 4 is 0 Å². The van der Waals surface area contributed by atoms with Gasteiger partial charge in [-0.2, -0.15) is 0 Å². The van der Waals surface area contributed by atoms with Crippen LogP contribution >= 0.6 is 0 Å². The van der Waals surface area contributed by atoms with Crippen LogP contribution in [0.1, 0.15) is 6.92 Å². The average Bonchev–Trinajstić information content (AvgIpc) is 1.88. The first-order chi connectivity index (χ1) is 4.35. The van der Waals surface area contributed by atoms with Crippen molar-refractivity contribution in [3.63, 3.8) is 0 Å². The fraction of sp³-hybridized carbons (Fsp3) is 0.429. The summed E-state index contributed by atoms with van der Waals surface area (Å²) in [6.07, 6.45) is 5.46. The van der Waals surface area contributed by atoms with Crippen LogP contribution < -0.4 is 11.1 Å². The Morgan fingerprint density at radius 2 is 2.33 bits per heavy atom. The summed E-state index contributed by atoms with van der Waals surface area (Å²) in [6, 6.07) is 0. The molecular weight excluding hydrogens is 112 g/mol. The van der Waals surface area contributed by atoms with Crippen molar-refractivity contribution in [1.29, 1.82) is 0 Å². The number of hydrogen-bond acceptors (Lipinski definition) is 2. The summed E-state index contributed by atoms with van der Waals surface area (Å²) < 4.78 is 0. The first-order valence-corrected chi connectivity index (χ1v) is 3.03. The predicted octanol–water partition coefficient (Wildman–Crippen LogP) is 0.625. The van der Waals surface area contributed by atoms with E-state index in [9.17, 15) is 0 Å². The Morgan fingerprint density at radius 3 is 2.67 bits per heavy atom. The standard InChI is InChI=1S/C7H14N2/c1-3-7(4-5-8)6-9-2/h3-5,9H,6,8H2,1-2H3/b5-4-,7-3+. The number of allylic oxidation sites excluding steroid dienone is 1. The van der Waals surface area contributed by atoms with E-state index >= 15 is 0 Å². The van der Waals surface area contributed by atoms with Crippen LogP contribution in [0.3, 0.4) is 0 Å². The third-order valence-electron chi connectivity index (χ3n) is 1.06. The van der Waals surface area contributed by atoms with Crippen LogP contribution in [0.25, 0.3) is 0 Å². The molecule has 0 fully saturated rings. The summed E-state index contributed by atoms with van der Waals surface area (Å²) >= 11 is 0. The second kappa shape index (κ2) is 5.38. The normalized spacial score (nSPS) is 12.9. The molecule has 0 spiro atoms. The van der Waals surface area contributed by atoms with Gasteiger partial charge in [-0.1, -0.05) is 6.08 Å². The molecule has 0 rings (SSSR count). The third-order valence-corrected chi connectivity index (χ3v) is 1.06. The number of rotatable bonds is 3. The van der Waals surface area contributed by atoms with E-state index in [0.717, 1.165) is 6.54 Å². The molecule has 0 aliphatic carbocycles. The molecule has 0 aromatic heterocycles. The summed E-state index contributed by atoms with van der Waals surface area (Å²) in [5, 5.41) is 3.03. The molecule has 0 aliphatic heterocycles. The maximum atomic E-state index is 5.19. The van der Waals surface area contributed by atoms with Gasteiger partial charge in [-0.3, -0.25) is 0 Å². The molecule has 2 heteroatoms. The predicted molar refractivity (Wildman–Crippen MR) is 41.0 cm³/mol. The number of likely N-dealkylation sites (N-methyl/N-ethyl adjacent to an activating group) is 1. The van der Waals surface area contributed by atoms with E-state index < -0.39 is 0 Å². The minimum absolute atomic E-state index is 0.879. The Kier molecular flexibility index (Phi) is 4.92.